The molecule has 4 nitrogen and oxygen atoms in total. The molecule has 0 aliphatic carbocycles. The van der Waals surface area contributed by atoms with Crippen molar-refractivity contribution in [2.75, 3.05) is 32.8 Å². The molecule has 114 valence electrons. The summed E-state index contributed by atoms with van der Waals surface area (Å²) in [7, 11) is 0. The monoisotopic (exact) mass is 280 g/mol. The van der Waals surface area contributed by atoms with Crippen LogP contribution >= 0.6 is 0 Å². The van der Waals surface area contributed by atoms with Crippen molar-refractivity contribution in [3.8, 4) is 0 Å². The molecular weight excluding hydrogens is 252 g/mol. The van der Waals surface area contributed by atoms with Gasteiger partial charge in [0, 0.05) is 31.6 Å². The standard InChI is InChI=1S/C16H28N2O2/c1-14(2)6-8-16(13-19)7-5-11-18(12-16)15(20)17-9-3-4-10-17/h6,19H,3-5,7-13H2,1-2H3/t16-/m0/s1. The van der Waals surface area contributed by atoms with Crippen LogP contribution in [0.5, 0.6) is 0 Å². The van der Waals surface area contributed by atoms with Crippen molar-refractivity contribution in [3.05, 3.63) is 11.6 Å². The smallest absolute Gasteiger partial charge is 0.320 e. The van der Waals surface area contributed by atoms with Crippen LogP contribution in [0.1, 0.15) is 46.0 Å². The summed E-state index contributed by atoms with van der Waals surface area (Å²) in [6, 6.07) is 0.178. The van der Waals surface area contributed by atoms with Crippen LogP contribution in [0.15, 0.2) is 11.6 Å². The lowest BCUT2D eigenvalue weighted by molar-refractivity contribution is 0.0418. The Kier molecular flexibility index (Phi) is 5.08. The Morgan fingerprint density at radius 1 is 1.15 bits per heavy atom. The molecular formula is C16H28N2O2. The van der Waals surface area contributed by atoms with Crippen molar-refractivity contribution < 1.29 is 9.90 Å². The minimum absolute atomic E-state index is 0.134. The molecule has 0 spiro atoms. The van der Waals surface area contributed by atoms with Crippen LogP contribution in [0.3, 0.4) is 0 Å². The Balaban J connectivity index is 2.01. The maximum absolute atomic E-state index is 12.5. The molecule has 20 heavy (non-hydrogen) atoms. The first-order chi connectivity index (χ1) is 9.56. The number of hydrogen-bond donors (Lipinski definition) is 1. The highest BCUT2D eigenvalue weighted by atomic mass is 16.3. The zero-order valence-corrected chi connectivity index (χ0v) is 12.9. The topological polar surface area (TPSA) is 43.8 Å². The highest BCUT2D eigenvalue weighted by Crippen LogP contribution is 2.34. The number of nitrogens with zero attached hydrogens (tertiary/aromatic N) is 2. The van der Waals surface area contributed by atoms with Gasteiger partial charge in [-0.25, -0.2) is 4.79 Å². The van der Waals surface area contributed by atoms with Crippen molar-refractivity contribution in [2.24, 2.45) is 5.41 Å². The molecule has 2 aliphatic heterocycles. The Labute approximate surface area is 122 Å². The average molecular weight is 280 g/mol. The number of hydrogen-bond acceptors (Lipinski definition) is 2. The van der Waals surface area contributed by atoms with Crippen LogP contribution in [0.25, 0.3) is 0 Å². The van der Waals surface area contributed by atoms with Gasteiger partial charge in [0.05, 0.1) is 6.61 Å². The summed E-state index contributed by atoms with van der Waals surface area (Å²) in [6.07, 6.45) is 7.33. The number of amides is 2. The van der Waals surface area contributed by atoms with Gasteiger partial charge in [0.25, 0.3) is 0 Å². The fourth-order valence-electron chi connectivity index (χ4n) is 3.26. The second-order valence-corrected chi connectivity index (χ2v) is 6.65. The van der Waals surface area contributed by atoms with Gasteiger partial charge < -0.3 is 14.9 Å². The van der Waals surface area contributed by atoms with E-state index in [1.54, 1.807) is 0 Å². The van der Waals surface area contributed by atoms with Crippen LogP contribution in [0.4, 0.5) is 4.79 Å². The van der Waals surface area contributed by atoms with Crippen molar-refractivity contribution in [1.29, 1.82) is 0 Å². The van der Waals surface area contributed by atoms with Gasteiger partial charge in [0.1, 0.15) is 0 Å². The maximum Gasteiger partial charge on any atom is 0.320 e. The minimum atomic E-state index is -0.134. The molecule has 1 N–H and O–H groups in total. The summed E-state index contributed by atoms with van der Waals surface area (Å²) >= 11 is 0. The number of piperidine rings is 1. The molecule has 2 saturated heterocycles. The van der Waals surface area contributed by atoms with Crippen molar-refractivity contribution >= 4 is 6.03 Å². The highest BCUT2D eigenvalue weighted by molar-refractivity contribution is 5.74. The number of urea groups is 1. The van der Waals surface area contributed by atoms with Crippen LogP contribution in [0, 0.1) is 5.41 Å². The second-order valence-electron chi connectivity index (χ2n) is 6.65. The number of carbonyl (C=O) groups is 1. The van der Waals surface area contributed by atoms with E-state index in [1.807, 2.05) is 9.80 Å². The molecule has 2 amide bonds. The molecule has 2 heterocycles. The fraction of sp³-hybridized carbons (Fsp3) is 0.812. The van der Waals surface area contributed by atoms with Gasteiger partial charge >= 0.3 is 6.03 Å². The zero-order chi connectivity index (χ0) is 14.6. The number of aliphatic hydroxyl groups is 1. The molecule has 1 atom stereocenters. The Hall–Kier alpha value is -1.03. The Bertz CT molecular complexity index is 371. The molecule has 0 saturated carbocycles. The first-order valence-corrected chi connectivity index (χ1v) is 7.84. The zero-order valence-electron chi connectivity index (χ0n) is 12.9. The van der Waals surface area contributed by atoms with Gasteiger partial charge in [0.2, 0.25) is 0 Å². The van der Waals surface area contributed by atoms with E-state index in [0.29, 0.717) is 6.54 Å². The SMILES string of the molecule is CC(C)=CC[C@@]1(CO)CCCN(C(=O)N2CCCC2)C1. The highest BCUT2D eigenvalue weighted by Gasteiger charge is 2.37. The molecule has 0 aromatic heterocycles. The van der Waals surface area contributed by atoms with Gasteiger partial charge in [-0.15, -0.1) is 0 Å². The number of aliphatic hydroxyl groups excluding tert-OH is 1. The second kappa shape index (κ2) is 6.61. The first-order valence-electron chi connectivity index (χ1n) is 7.84. The van der Waals surface area contributed by atoms with Crippen molar-refractivity contribution in [3.63, 3.8) is 0 Å². The van der Waals surface area contributed by atoms with Crippen molar-refractivity contribution in [2.45, 2.75) is 46.0 Å². The lowest BCUT2D eigenvalue weighted by atomic mass is 9.77. The summed E-state index contributed by atoms with van der Waals surface area (Å²) in [5.74, 6) is 0. The molecule has 2 rings (SSSR count). The summed E-state index contributed by atoms with van der Waals surface area (Å²) in [5, 5.41) is 9.84. The quantitative estimate of drug-likeness (QED) is 0.808. The van der Waals surface area contributed by atoms with E-state index in [2.05, 4.69) is 19.9 Å². The number of carbonyl (C=O) groups excluding carboxylic acids is 1. The third-order valence-corrected chi connectivity index (χ3v) is 4.59. The first kappa shape index (κ1) is 15.4. The van der Waals surface area contributed by atoms with E-state index in [-0.39, 0.29) is 18.1 Å². The molecule has 0 unspecified atom stereocenters. The predicted octanol–water partition coefficient (Wildman–Crippen LogP) is 2.63. The largest absolute Gasteiger partial charge is 0.396 e. The van der Waals surface area contributed by atoms with E-state index in [4.69, 9.17) is 0 Å². The van der Waals surface area contributed by atoms with Crippen LogP contribution in [-0.4, -0.2) is 53.7 Å². The Morgan fingerprint density at radius 3 is 2.40 bits per heavy atom. The summed E-state index contributed by atoms with van der Waals surface area (Å²) in [6.45, 7) is 7.67. The van der Waals surface area contributed by atoms with E-state index in [1.165, 1.54) is 5.57 Å². The van der Waals surface area contributed by atoms with Gasteiger partial charge in [-0.1, -0.05) is 11.6 Å². The molecule has 2 fully saturated rings. The maximum atomic E-state index is 12.5. The van der Waals surface area contributed by atoms with Crippen LogP contribution in [-0.2, 0) is 0 Å². The van der Waals surface area contributed by atoms with Crippen LogP contribution in [0.2, 0.25) is 0 Å². The van der Waals surface area contributed by atoms with Gasteiger partial charge in [-0.3, -0.25) is 0 Å². The molecule has 0 bridgehead atoms. The molecule has 0 aromatic carbocycles. The van der Waals surface area contributed by atoms with E-state index >= 15 is 0 Å². The average Bonchev–Trinajstić information content (AvgIpc) is 2.99. The minimum Gasteiger partial charge on any atom is -0.396 e. The summed E-state index contributed by atoms with van der Waals surface area (Å²) in [5.41, 5.74) is 1.14. The van der Waals surface area contributed by atoms with Crippen molar-refractivity contribution in [1.82, 2.24) is 9.80 Å². The number of rotatable bonds is 3. The van der Waals surface area contributed by atoms with Gasteiger partial charge in [-0.2, -0.15) is 0 Å². The molecule has 0 aromatic rings. The van der Waals surface area contributed by atoms with Gasteiger partial charge in [0.15, 0.2) is 0 Å². The third kappa shape index (κ3) is 3.54. The number of allylic oxidation sites excluding steroid dienone is 2. The van der Waals surface area contributed by atoms with E-state index in [9.17, 15) is 9.90 Å². The van der Waals surface area contributed by atoms with E-state index < -0.39 is 0 Å². The molecule has 2 aliphatic rings. The predicted molar refractivity (Wildman–Crippen MR) is 80.6 cm³/mol. The lowest BCUT2D eigenvalue weighted by Crippen LogP contribution is -2.51. The molecule has 4 heteroatoms. The van der Waals surface area contributed by atoms with E-state index in [0.717, 1.165) is 51.7 Å². The fourth-order valence-corrected chi connectivity index (χ4v) is 3.26. The lowest BCUT2D eigenvalue weighted by Gasteiger charge is -2.42. The third-order valence-electron chi connectivity index (χ3n) is 4.59. The summed E-state index contributed by atoms with van der Waals surface area (Å²) < 4.78 is 0. The normalized spacial score (nSPS) is 26.8. The Morgan fingerprint density at radius 2 is 1.80 bits per heavy atom. The molecule has 0 radical (unpaired) electrons. The van der Waals surface area contributed by atoms with Crippen LogP contribution < -0.4 is 0 Å². The van der Waals surface area contributed by atoms with Gasteiger partial charge in [-0.05, 0) is 46.0 Å². The summed E-state index contributed by atoms with van der Waals surface area (Å²) in [4.78, 5) is 16.4. The number of likely N-dealkylation sites (tertiary alicyclic amines) is 2.